The van der Waals surface area contributed by atoms with E-state index in [9.17, 15) is 18.0 Å². The minimum atomic E-state index is -3.53. The Morgan fingerprint density at radius 1 is 0.912 bits per heavy atom. The lowest BCUT2D eigenvalue weighted by Gasteiger charge is -2.37. The predicted molar refractivity (Wildman–Crippen MR) is 132 cm³/mol. The Kier molecular flexibility index (Phi) is 7.38. The lowest BCUT2D eigenvalue weighted by Crippen LogP contribution is -2.51. The molecule has 2 aliphatic heterocycles. The molecule has 0 atom stereocenters. The summed E-state index contributed by atoms with van der Waals surface area (Å²) in [7, 11) is -3.53. The van der Waals surface area contributed by atoms with Crippen molar-refractivity contribution < 1.29 is 18.0 Å². The van der Waals surface area contributed by atoms with Gasteiger partial charge in [-0.05, 0) is 74.6 Å². The molecule has 1 aromatic rings. The number of likely N-dealkylation sites (tertiary alicyclic amines) is 1. The fourth-order valence-electron chi connectivity index (χ4n) is 5.40. The van der Waals surface area contributed by atoms with Crippen molar-refractivity contribution in [3.63, 3.8) is 0 Å². The van der Waals surface area contributed by atoms with Crippen LogP contribution < -0.4 is 5.32 Å². The monoisotopic (exact) mass is 489 g/mol. The van der Waals surface area contributed by atoms with Crippen LogP contribution in [0.3, 0.4) is 0 Å². The van der Waals surface area contributed by atoms with Crippen LogP contribution in [0, 0.1) is 11.3 Å². The Hall–Kier alpha value is -1.93. The average molecular weight is 490 g/mol. The lowest BCUT2D eigenvalue weighted by molar-refractivity contribution is -0.140. The molecule has 4 rings (SSSR count). The largest absolute Gasteiger partial charge is 0.353 e. The predicted octanol–water partition coefficient (Wildman–Crippen LogP) is 3.12. The summed E-state index contributed by atoms with van der Waals surface area (Å²) in [5, 5.41) is 3.16. The van der Waals surface area contributed by atoms with E-state index < -0.39 is 10.0 Å². The van der Waals surface area contributed by atoms with Gasteiger partial charge in [-0.2, -0.15) is 4.31 Å². The van der Waals surface area contributed by atoms with E-state index in [1.807, 2.05) is 37.8 Å². The van der Waals surface area contributed by atoms with Crippen LogP contribution in [0.1, 0.15) is 70.4 Å². The van der Waals surface area contributed by atoms with Crippen molar-refractivity contribution in [3.8, 4) is 0 Å². The maximum Gasteiger partial charge on any atom is 0.243 e. The molecule has 2 fully saturated rings. The molecule has 8 heteroatoms. The first-order chi connectivity index (χ1) is 16.1. The van der Waals surface area contributed by atoms with Crippen molar-refractivity contribution in [1.82, 2.24) is 14.5 Å². The molecule has 2 amide bonds. The summed E-state index contributed by atoms with van der Waals surface area (Å²) in [5.74, 6) is 0.0143. The summed E-state index contributed by atoms with van der Waals surface area (Å²) >= 11 is 0. The van der Waals surface area contributed by atoms with E-state index in [0.717, 1.165) is 37.7 Å². The highest BCUT2D eigenvalue weighted by atomic mass is 32.2. The van der Waals surface area contributed by atoms with Crippen molar-refractivity contribution in [2.24, 2.45) is 11.3 Å². The van der Waals surface area contributed by atoms with Crippen molar-refractivity contribution in [3.05, 3.63) is 29.3 Å². The van der Waals surface area contributed by atoms with Gasteiger partial charge >= 0.3 is 0 Å². The molecule has 0 spiro atoms. The number of benzene rings is 1. The van der Waals surface area contributed by atoms with Crippen LogP contribution >= 0.6 is 0 Å². The molecule has 1 N–H and O–H groups in total. The molecular formula is C26H39N3O4S. The molecule has 1 aromatic carbocycles. The van der Waals surface area contributed by atoms with Crippen LogP contribution in [-0.2, 0) is 32.5 Å². The summed E-state index contributed by atoms with van der Waals surface area (Å²) in [6, 6.07) is 5.66. The minimum Gasteiger partial charge on any atom is -0.353 e. The number of carbonyl (C=O) groups is 2. The second-order valence-corrected chi connectivity index (χ2v) is 13.1. The second-order valence-electron chi connectivity index (χ2n) is 11.1. The zero-order valence-corrected chi connectivity index (χ0v) is 21.6. The van der Waals surface area contributed by atoms with Crippen molar-refractivity contribution in [2.45, 2.75) is 83.1 Å². The first-order valence-corrected chi connectivity index (χ1v) is 14.2. The maximum absolute atomic E-state index is 13.2. The normalized spacial score (nSPS) is 21.2. The number of nitrogens with one attached hydrogen (secondary N) is 1. The first kappa shape index (κ1) is 25.2. The lowest BCUT2D eigenvalue weighted by atomic mass is 9.92. The van der Waals surface area contributed by atoms with Gasteiger partial charge in [0.05, 0.1) is 4.90 Å². The number of sulfonamides is 1. The Bertz CT molecular complexity index is 1010. The highest BCUT2D eigenvalue weighted by Crippen LogP contribution is 2.28. The number of fused-ring (bicyclic) bond motifs is 1. The molecular weight excluding hydrogens is 450 g/mol. The Morgan fingerprint density at radius 2 is 1.53 bits per heavy atom. The Labute approximate surface area is 204 Å². The van der Waals surface area contributed by atoms with E-state index in [1.165, 1.54) is 16.3 Å². The van der Waals surface area contributed by atoms with Gasteiger partial charge in [0.2, 0.25) is 21.8 Å². The molecule has 0 bridgehead atoms. The van der Waals surface area contributed by atoms with Crippen LogP contribution in [-0.4, -0.2) is 61.7 Å². The molecule has 1 aliphatic carbocycles. The number of nitrogens with zero attached hydrogens (tertiary/aromatic N) is 2. The quantitative estimate of drug-likeness (QED) is 0.704. The van der Waals surface area contributed by atoms with Crippen LogP contribution in [0.4, 0.5) is 0 Å². The van der Waals surface area contributed by atoms with E-state index in [1.54, 1.807) is 6.07 Å². The van der Waals surface area contributed by atoms with Gasteiger partial charge in [-0.25, -0.2) is 8.42 Å². The number of piperidine rings is 2. The molecule has 7 nitrogen and oxygen atoms in total. The van der Waals surface area contributed by atoms with E-state index >= 15 is 0 Å². The van der Waals surface area contributed by atoms with Crippen LogP contribution in [0.2, 0.25) is 0 Å². The zero-order valence-electron chi connectivity index (χ0n) is 20.8. The number of hydrogen-bond acceptors (Lipinski definition) is 4. The Morgan fingerprint density at radius 3 is 2.15 bits per heavy atom. The number of hydrogen-bond donors (Lipinski definition) is 1. The smallest absolute Gasteiger partial charge is 0.243 e. The van der Waals surface area contributed by atoms with E-state index in [-0.39, 0.29) is 29.2 Å². The van der Waals surface area contributed by atoms with Crippen LogP contribution in [0.25, 0.3) is 0 Å². The number of rotatable bonds is 4. The number of carbonyl (C=O) groups excluding carboxylic acids is 2. The summed E-state index contributed by atoms with van der Waals surface area (Å²) in [4.78, 5) is 27.6. The van der Waals surface area contributed by atoms with E-state index in [4.69, 9.17) is 0 Å². The fourth-order valence-corrected chi connectivity index (χ4v) is 6.92. The van der Waals surface area contributed by atoms with Crippen LogP contribution in [0.15, 0.2) is 23.1 Å². The van der Waals surface area contributed by atoms with Gasteiger partial charge in [-0.15, -0.1) is 0 Å². The van der Waals surface area contributed by atoms with Crippen molar-refractivity contribution in [2.75, 3.05) is 26.2 Å². The third-order valence-electron chi connectivity index (χ3n) is 7.55. The first-order valence-electron chi connectivity index (χ1n) is 12.8. The molecule has 2 saturated heterocycles. The van der Waals surface area contributed by atoms with Gasteiger partial charge in [-0.1, -0.05) is 26.8 Å². The summed E-state index contributed by atoms with van der Waals surface area (Å²) in [6.07, 6.45) is 6.87. The molecule has 2 heterocycles. The molecule has 0 saturated carbocycles. The number of aryl methyl sites for hydroxylation is 2. The molecule has 0 unspecified atom stereocenters. The number of amides is 2. The molecule has 188 valence electrons. The summed E-state index contributed by atoms with van der Waals surface area (Å²) in [6.45, 7) is 7.87. The van der Waals surface area contributed by atoms with Gasteiger partial charge in [0.15, 0.2) is 0 Å². The van der Waals surface area contributed by atoms with Gasteiger partial charge in [0.25, 0.3) is 0 Å². The molecule has 0 radical (unpaired) electrons. The summed E-state index contributed by atoms with van der Waals surface area (Å²) in [5.41, 5.74) is 2.05. The maximum atomic E-state index is 13.2. The highest BCUT2D eigenvalue weighted by molar-refractivity contribution is 7.89. The topological polar surface area (TPSA) is 86.8 Å². The third kappa shape index (κ3) is 5.48. The van der Waals surface area contributed by atoms with E-state index in [0.29, 0.717) is 43.9 Å². The van der Waals surface area contributed by atoms with E-state index in [2.05, 4.69) is 5.32 Å². The highest BCUT2D eigenvalue weighted by Gasteiger charge is 2.35. The van der Waals surface area contributed by atoms with Crippen molar-refractivity contribution in [1.29, 1.82) is 0 Å². The van der Waals surface area contributed by atoms with Crippen molar-refractivity contribution >= 4 is 21.8 Å². The fraction of sp³-hybridized carbons (Fsp3) is 0.692. The zero-order chi connectivity index (χ0) is 24.5. The SMILES string of the molecule is CC(C)(C)C(=O)N1CCC(NC(=O)C2CCN(S(=O)(=O)c3ccc4c(c3)CCCC4)CC2)CC1. The molecule has 3 aliphatic rings. The standard InChI is InChI=1S/C26H39N3O4S/c1-26(2,3)25(31)28-14-12-22(13-15-28)27-24(30)20-10-16-29(17-11-20)34(32,33)23-9-8-19-6-4-5-7-21(19)18-23/h8-9,18,20,22H,4-7,10-17H2,1-3H3,(H,27,30). The van der Waals surface area contributed by atoms with Gasteiger partial charge in [0.1, 0.15) is 0 Å². The third-order valence-corrected chi connectivity index (χ3v) is 9.45. The molecule has 34 heavy (non-hydrogen) atoms. The average Bonchev–Trinajstić information content (AvgIpc) is 2.83. The second kappa shape index (κ2) is 9.97. The molecule has 0 aromatic heterocycles. The van der Waals surface area contributed by atoms with Gasteiger partial charge < -0.3 is 10.2 Å². The summed E-state index contributed by atoms with van der Waals surface area (Å²) < 4.78 is 28.0. The van der Waals surface area contributed by atoms with Gasteiger partial charge in [-0.3, -0.25) is 9.59 Å². The Balaban J connectivity index is 1.27. The van der Waals surface area contributed by atoms with Gasteiger partial charge in [0, 0.05) is 43.6 Å². The van der Waals surface area contributed by atoms with Crippen LogP contribution in [0.5, 0.6) is 0 Å². The minimum absolute atomic E-state index is 0.0198.